The highest BCUT2D eigenvalue weighted by atomic mass is 32.2. The number of amides is 1. The van der Waals surface area contributed by atoms with Crippen LogP contribution in [0, 0.1) is 0 Å². The summed E-state index contributed by atoms with van der Waals surface area (Å²) in [5.41, 5.74) is -1.82. The first kappa shape index (κ1) is 20.6. The summed E-state index contributed by atoms with van der Waals surface area (Å²) in [6.45, 7) is 0. The van der Waals surface area contributed by atoms with Crippen molar-refractivity contribution in [2.45, 2.75) is 23.5 Å². The van der Waals surface area contributed by atoms with E-state index in [1.54, 1.807) is 30.3 Å². The zero-order valence-corrected chi connectivity index (χ0v) is 14.7. The fraction of sp³-hybridized carbons (Fsp3) is 0.222. The molecule has 2 aromatic rings. The van der Waals surface area contributed by atoms with E-state index < -0.39 is 46.0 Å². The van der Waals surface area contributed by atoms with E-state index in [-0.39, 0.29) is 12.2 Å². The van der Waals surface area contributed by atoms with Gasteiger partial charge in [0.25, 0.3) is 5.91 Å². The summed E-state index contributed by atoms with van der Waals surface area (Å²) >= 11 is 0. The van der Waals surface area contributed by atoms with Gasteiger partial charge in [-0.25, -0.2) is 4.79 Å². The van der Waals surface area contributed by atoms with E-state index in [4.69, 9.17) is 0 Å². The highest BCUT2D eigenvalue weighted by Crippen LogP contribution is 2.31. The third kappa shape index (κ3) is 5.65. The molecule has 2 atom stereocenters. The topological polar surface area (TPSA) is 83.5 Å². The van der Waals surface area contributed by atoms with E-state index in [1.807, 2.05) is 0 Å². The molecule has 0 heterocycles. The molecule has 0 aliphatic rings. The molecule has 0 aliphatic carbocycles. The number of nitrogens with one attached hydrogen (secondary N) is 1. The number of rotatable bonds is 7. The van der Waals surface area contributed by atoms with E-state index >= 15 is 0 Å². The molecule has 5 nitrogen and oxygen atoms in total. The van der Waals surface area contributed by atoms with Crippen LogP contribution in [0.4, 0.5) is 13.2 Å². The van der Waals surface area contributed by atoms with Crippen LogP contribution in [0.15, 0.2) is 59.5 Å². The lowest BCUT2D eigenvalue weighted by Gasteiger charge is -2.17. The van der Waals surface area contributed by atoms with Crippen molar-refractivity contribution in [3.8, 4) is 0 Å². The van der Waals surface area contributed by atoms with E-state index in [2.05, 4.69) is 5.32 Å². The van der Waals surface area contributed by atoms with Gasteiger partial charge in [-0.3, -0.25) is 9.00 Å². The molecule has 0 unspecified atom stereocenters. The van der Waals surface area contributed by atoms with Crippen molar-refractivity contribution in [3.05, 3.63) is 65.7 Å². The number of carboxylic acid groups (broad SMARTS) is 1. The highest BCUT2D eigenvalue weighted by Gasteiger charge is 2.35. The number of carbonyl (C=O) groups is 2. The van der Waals surface area contributed by atoms with Crippen LogP contribution in [0.1, 0.15) is 22.3 Å². The monoisotopic (exact) mass is 399 g/mol. The maximum atomic E-state index is 13.0. The number of alkyl halides is 3. The second-order valence-electron chi connectivity index (χ2n) is 5.56. The van der Waals surface area contributed by atoms with Gasteiger partial charge in [-0.1, -0.05) is 30.3 Å². The summed E-state index contributed by atoms with van der Waals surface area (Å²) in [5.74, 6) is -2.64. The molecule has 0 saturated heterocycles. The Labute approximate surface area is 155 Å². The summed E-state index contributed by atoms with van der Waals surface area (Å²) < 4.78 is 51.2. The highest BCUT2D eigenvalue weighted by molar-refractivity contribution is 7.85. The van der Waals surface area contributed by atoms with Gasteiger partial charge in [0.1, 0.15) is 6.04 Å². The van der Waals surface area contributed by atoms with Gasteiger partial charge in [-0.2, -0.15) is 13.2 Å². The molecule has 2 rings (SSSR count). The van der Waals surface area contributed by atoms with Crippen molar-refractivity contribution in [2.24, 2.45) is 0 Å². The molecule has 2 N–H and O–H groups in total. The quantitative estimate of drug-likeness (QED) is 0.750. The number of hydrogen-bond donors (Lipinski definition) is 2. The minimum atomic E-state index is -4.75. The Hall–Kier alpha value is -2.68. The molecule has 0 bridgehead atoms. The van der Waals surface area contributed by atoms with Gasteiger partial charge >= 0.3 is 12.1 Å². The van der Waals surface area contributed by atoms with Crippen LogP contribution in [-0.2, 0) is 21.8 Å². The summed E-state index contributed by atoms with van der Waals surface area (Å²) in [6.07, 6.45) is -4.95. The summed E-state index contributed by atoms with van der Waals surface area (Å²) in [4.78, 5) is 24.0. The standard InChI is InChI=1S/C18H16F3NO4S/c19-18(20,21)14-9-5-4-8-13(14)16(23)22-15(17(24)25)10-11-27(26)12-6-2-1-3-7-12/h1-9,15H,10-11H2,(H,22,23)(H,24,25)/t15-,27+/m1/s1. The van der Waals surface area contributed by atoms with Crippen LogP contribution >= 0.6 is 0 Å². The van der Waals surface area contributed by atoms with Crippen LogP contribution < -0.4 is 5.32 Å². The summed E-state index contributed by atoms with van der Waals surface area (Å²) in [7, 11) is -1.49. The Morgan fingerprint density at radius 1 is 1.04 bits per heavy atom. The summed E-state index contributed by atoms with van der Waals surface area (Å²) in [6, 6.07) is 11.0. The number of carbonyl (C=O) groups excluding carboxylic acids is 1. The van der Waals surface area contributed by atoms with Crippen molar-refractivity contribution >= 4 is 22.7 Å². The van der Waals surface area contributed by atoms with Gasteiger partial charge in [-0.05, 0) is 30.7 Å². The average molecular weight is 399 g/mol. The molecule has 0 radical (unpaired) electrons. The molecule has 0 aromatic heterocycles. The van der Waals surface area contributed by atoms with Crippen molar-refractivity contribution in [3.63, 3.8) is 0 Å². The molecular formula is C18H16F3NO4S. The van der Waals surface area contributed by atoms with Crippen molar-refractivity contribution < 1.29 is 32.1 Å². The molecule has 9 heteroatoms. The van der Waals surface area contributed by atoms with E-state index in [0.717, 1.165) is 18.2 Å². The Morgan fingerprint density at radius 2 is 1.63 bits per heavy atom. The first-order chi connectivity index (χ1) is 12.7. The van der Waals surface area contributed by atoms with Gasteiger partial charge in [0.15, 0.2) is 0 Å². The van der Waals surface area contributed by atoms with Gasteiger partial charge in [0.2, 0.25) is 0 Å². The number of aliphatic carboxylic acids is 1. The lowest BCUT2D eigenvalue weighted by Crippen LogP contribution is -2.42. The predicted molar refractivity (Wildman–Crippen MR) is 92.7 cm³/mol. The molecule has 0 spiro atoms. The zero-order chi connectivity index (χ0) is 20.0. The fourth-order valence-electron chi connectivity index (χ4n) is 2.34. The van der Waals surface area contributed by atoms with Crippen molar-refractivity contribution in [1.82, 2.24) is 5.32 Å². The maximum absolute atomic E-state index is 13.0. The molecule has 1 amide bonds. The van der Waals surface area contributed by atoms with E-state index in [9.17, 15) is 32.1 Å². The molecule has 0 aliphatic heterocycles. The predicted octanol–water partition coefficient (Wildman–Crippen LogP) is 3.09. The molecule has 144 valence electrons. The SMILES string of the molecule is O=C(N[C@H](CC[S@](=O)c1ccccc1)C(=O)O)c1ccccc1C(F)(F)F. The van der Waals surface area contributed by atoms with Crippen LogP contribution in [0.25, 0.3) is 0 Å². The van der Waals surface area contributed by atoms with Crippen molar-refractivity contribution in [2.75, 3.05) is 5.75 Å². The Bertz CT molecular complexity index is 840. The van der Waals surface area contributed by atoms with Gasteiger partial charge in [0.05, 0.1) is 21.9 Å². The molecular weight excluding hydrogens is 383 g/mol. The van der Waals surface area contributed by atoms with Gasteiger partial charge in [0, 0.05) is 10.6 Å². The summed E-state index contributed by atoms with van der Waals surface area (Å²) in [5, 5.41) is 11.3. The van der Waals surface area contributed by atoms with Crippen LogP contribution in [0.3, 0.4) is 0 Å². The lowest BCUT2D eigenvalue weighted by molar-refractivity contribution is -0.139. The zero-order valence-electron chi connectivity index (χ0n) is 13.9. The van der Waals surface area contributed by atoms with Crippen LogP contribution in [-0.4, -0.2) is 33.0 Å². The Kier molecular flexibility index (Phi) is 6.73. The van der Waals surface area contributed by atoms with Gasteiger partial charge < -0.3 is 10.4 Å². The Balaban J connectivity index is 2.10. The average Bonchev–Trinajstić information content (AvgIpc) is 2.64. The molecule has 2 aromatic carbocycles. The largest absolute Gasteiger partial charge is 0.480 e. The first-order valence-electron chi connectivity index (χ1n) is 7.83. The van der Waals surface area contributed by atoms with E-state index in [0.29, 0.717) is 4.90 Å². The third-order valence-corrected chi connectivity index (χ3v) is 5.08. The second kappa shape index (κ2) is 8.81. The number of carboxylic acids is 1. The Morgan fingerprint density at radius 3 is 2.22 bits per heavy atom. The normalized spacial score (nSPS) is 13.6. The van der Waals surface area contributed by atoms with Crippen LogP contribution in [0.2, 0.25) is 0 Å². The first-order valence-corrected chi connectivity index (χ1v) is 9.15. The molecule has 0 saturated carbocycles. The smallest absolute Gasteiger partial charge is 0.417 e. The third-order valence-electron chi connectivity index (χ3n) is 3.68. The van der Waals surface area contributed by atoms with E-state index in [1.165, 1.54) is 6.07 Å². The van der Waals surface area contributed by atoms with Gasteiger partial charge in [-0.15, -0.1) is 0 Å². The number of halogens is 3. The second-order valence-corrected chi connectivity index (χ2v) is 7.13. The molecule has 27 heavy (non-hydrogen) atoms. The fourth-order valence-corrected chi connectivity index (χ4v) is 3.48. The van der Waals surface area contributed by atoms with Crippen LogP contribution in [0.5, 0.6) is 0 Å². The maximum Gasteiger partial charge on any atom is 0.417 e. The van der Waals surface area contributed by atoms with Crippen molar-refractivity contribution in [1.29, 1.82) is 0 Å². The minimum Gasteiger partial charge on any atom is -0.480 e. The number of hydrogen-bond acceptors (Lipinski definition) is 3. The number of benzene rings is 2. The lowest BCUT2D eigenvalue weighted by atomic mass is 10.1. The minimum absolute atomic E-state index is 0.0673. The molecule has 0 fully saturated rings.